The molecule has 0 aromatic rings. The van der Waals surface area contributed by atoms with Gasteiger partial charge in [-0.3, -0.25) is 4.55 Å². The van der Waals surface area contributed by atoms with Gasteiger partial charge >= 0.3 is 0 Å². The summed E-state index contributed by atoms with van der Waals surface area (Å²) in [5, 5.41) is -0.927. The average Bonchev–Trinajstić information content (AvgIpc) is 2.07. The molecular formula is C8H15F2NO3S. The molecular weight excluding hydrogens is 228 g/mol. The maximum absolute atomic E-state index is 12.8. The minimum absolute atomic E-state index is 0.106. The zero-order valence-corrected chi connectivity index (χ0v) is 9.30. The third kappa shape index (κ3) is 4.00. The molecule has 4 nitrogen and oxygen atoms in total. The summed E-state index contributed by atoms with van der Waals surface area (Å²) in [7, 11) is -4.06. The maximum atomic E-state index is 12.8. The van der Waals surface area contributed by atoms with Gasteiger partial charge in [-0.2, -0.15) is 8.42 Å². The number of nitrogens with zero attached hydrogens (tertiary/aromatic N) is 1. The first-order valence-corrected chi connectivity index (χ1v) is 6.27. The lowest BCUT2D eigenvalue weighted by Gasteiger charge is -2.32. The molecule has 1 atom stereocenters. The number of rotatable bonds is 3. The summed E-state index contributed by atoms with van der Waals surface area (Å²) in [4.78, 5) is 1.63. The predicted octanol–water partition coefficient (Wildman–Crippen LogP) is 0.994. The van der Waals surface area contributed by atoms with Crippen molar-refractivity contribution in [2.75, 3.05) is 19.6 Å². The van der Waals surface area contributed by atoms with Crippen molar-refractivity contribution >= 4 is 10.1 Å². The molecule has 1 fully saturated rings. The smallest absolute Gasteiger partial charge is 0.268 e. The Bertz CT molecular complexity index is 308. The molecule has 90 valence electrons. The van der Waals surface area contributed by atoms with E-state index in [0.717, 1.165) is 0 Å². The number of hydrogen-bond acceptors (Lipinski definition) is 3. The molecule has 1 aliphatic heterocycles. The first-order chi connectivity index (χ1) is 6.71. The standard InChI is InChI=1S/C8H15F2NO3S/c1-7(15(12,13)14)6-11-4-2-8(9,10)3-5-11/h7H,2-6H2,1H3,(H,12,13,14). The van der Waals surface area contributed by atoms with Crippen LogP contribution in [0.4, 0.5) is 8.78 Å². The van der Waals surface area contributed by atoms with Crippen molar-refractivity contribution in [3.8, 4) is 0 Å². The zero-order valence-electron chi connectivity index (χ0n) is 8.49. The summed E-state index contributed by atoms with van der Waals surface area (Å²) in [6, 6.07) is 0. The average molecular weight is 243 g/mol. The second-order valence-corrected chi connectivity index (χ2v) is 5.82. The van der Waals surface area contributed by atoms with E-state index in [1.165, 1.54) is 6.92 Å². The van der Waals surface area contributed by atoms with Crippen LogP contribution in [0.3, 0.4) is 0 Å². The molecule has 1 aliphatic rings. The van der Waals surface area contributed by atoms with Crippen molar-refractivity contribution in [1.29, 1.82) is 0 Å². The molecule has 1 N–H and O–H groups in total. The lowest BCUT2D eigenvalue weighted by Crippen LogP contribution is -2.43. The molecule has 0 bridgehead atoms. The van der Waals surface area contributed by atoms with Crippen molar-refractivity contribution in [2.24, 2.45) is 0 Å². The SMILES string of the molecule is CC(CN1CCC(F)(F)CC1)S(=O)(=O)O. The van der Waals surface area contributed by atoms with E-state index in [9.17, 15) is 17.2 Å². The molecule has 0 aromatic carbocycles. The number of likely N-dealkylation sites (tertiary alicyclic amines) is 1. The van der Waals surface area contributed by atoms with E-state index in [1.807, 2.05) is 0 Å². The van der Waals surface area contributed by atoms with Gasteiger partial charge in [-0.1, -0.05) is 0 Å². The largest absolute Gasteiger partial charge is 0.302 e. The highest BCUT2D eigenvalue weighted by molar-refractivity contribution is 7.86. The highest BCUT2D eigenvalue weighted by Crippen LogP contribution is 2.27. The fraction of sp³-hybridized carbons (Fsp3) is 1.00. The van der Waals surface area contributed by atoms with Crippen LogP contribution >= 0.6 is 0 Å². The van der Waals surface area contributed by atoms with Gasteiger partial charge in [0.1, 0.15) is 0 Å². The van der Waals surface area contributed by atoms with Gasteiger partial charge in [0.15, 0.2) is 0 Å². The van der Waals surface area contributed by atoms with Crippen LogP contribution in [0.2, 0.25) is 0 Å². The fourth-order valence-electron chi connectivity index (χ4n) is 1.52. The summed E-state index contributed by atoms with van der Waals surface area (Å²) in [6.45, 7) is 1.82. The Morgan fingerprint density at radius 2 is 1.87 bits per heavy atom. The molecule has 7 heteroatoms. The Kier molecular flexibility index (Phi) is 3.67. The first-order valence-electron chi connectivity index (χ1n) is 4.77. The molecule has 0 spiro atoms. The third-order valence-electron chi connectivity index (χ3n) is 2.61. The van der Waals surface area contributed by atoms with Crippen LogP contribution in [0.15, 0.2) is 0 Å². The third-order valence-corrected chi connectivity index (χ3v) is 3.78. The second-order valence-electron chi connectivity index (χ2n) is 3.98. The van der Waals surface area contributed by atoms with Gasteiger partial charge in [0.25, 0.3) is 16.0 Å². The molecule has 1 saturated heterocycles. The fourth-order valence-corrected chi connectivity index (χ4v) is 1.92. The van der Waals surface area contributed by atoms with E-state index in [2.05, 4.69) is 0 Å². The number of piperidine rings is 1. The van der Waals surface area contributed by atoms with E-state index in [-0.39, 0.29) is 32.5 Å². The minimum Gasteiger partial charge on any atom is -0.302 e. The summed E-state index contributed by atoms with van der Waals surface area (Å²) in [5.74, 6) is -2.63. The quantitative estimate of drug-likeness (QED) is 0.751. The van der Waals surface area contributed by atoms with E-state index in [0.29, 0.717) is 0 Å². The van der Waals surface area contributed by atoms with Crippen LogP contribution in [-0.4, -0.2) is 48.7 Å². The Morgan fingerprint density at radius 1 is 1.40 bits per heavy atom. The van der Waals surface area contributed by atoms with Gasteiger partial charge in [0.05, 0.1) is 5.25 Å². The van der Waals surface area contributed by atoms with Gasteiger partial charge < -0.3 is 4.90 Å². The van der Waals surface area contributed by atoms with Crippen LogP contribution < -0.4 is 0 Å². The Labute approximate surface area is 88.0 Å². The maximum Gasteiger partial charge on any atom is 0.268 e. The lowest BCUT2D eigenvalue weighted by atomic mass is 10.1. The van der Waals surface area contributed by atoms with Gasteiger partial charge in [-0.15, -0.1) is 0 Å². The van der Waals surface area contributed by atoms with E-state index < -0.39 is 21.3 Å². The molecule has 1 unspecified atom stereocenters. The predicted molar refractivity (Wildman–Crippen MR) is 51.6 cm³/mol. The van der Waals surface area contributed by atoms with E-state index in [4.69, 9.17) is 4.55 Å². The van der Waals surface area contributed by atoms with Crippen LogP contribution in [-0.2, 0) is 10.1 Å². The van der Waals surface area contributed by atoms with Gasteiger partial charge in [-0.05, 0) is 6.92 Å². The number of alkyl halides is 2. The van der Waals surface area contributed by atoms with Crippen molar-refractivity contribution in [2.45, 2.75) is 30.9 Å². The Morgan fingerprint density at radius 3 is 2.27 bits per heavy atom. The van der Waals surface area contributed by atoms with E-state index in [1.54, 1.807) is 4.90 Å². The Balaban J connectivity index is 2.43. The molecule has 1 rings (SSSR count). The second kappa shape index (κ2) is 4.31. The zero-order chi connectivity index (χ0) is 11.7. The van der Waals surface area contributed by atoms with Crippen LogP contribution in [0.25, 0.3) is 0 Å². The topological polar surface area (TPSA) is 57.6 Å². The molecule has 1 heterocycles. The monoisotopic (exact) mass is 243 g/mol. The minimum atomic E-state index is -4.06. The summed E-state index contributed by atoms with van der Waals surface area (Å²) >= 11 is 0. The van der Waals surface area contributed by atoms with Gasteiger partial charge in [0.2, 0.25) is 0 Å². The summed E-state index contributed by atoms with van der Waals surface area (Å²) < 4.78 is 55.7. The lowest BCUT2D eigenvalue weighted by molar-refractivity contribution is -0.0548. The molecule has 0 aromatic heterocycles. The highest BCUT2D eigenvalue weighted by Gasteiger charge is 2.35. The van der Waals surface area contributed by atoms with Crippen molar-refractivity contribution in [3.63, 3.8) is 0 Å². The number of hydrogen-bond donors (Lipinski definition) is 1. The van der Waals surface area contributed by atoms with Crippen molar-refractivity contribution in [1.82, 2.24) is 4.90 Å². The van der Waals surface area contributed by atoms with E-state index >= 15 is 0 Å². The van der Waals surface area contributed by atoms with Crippen molar-refractivity contribution in [3.05, 3.63) is 0 Å². The van der Waals surface area contributed by atoms with Crippen LogP contribution in [0.1, 0.15) is 19.8 Å². The molecule has 15 heavy (non-hydrogen) atoms. The number of halogens is 2. The first kappa shape index (κ1) is 12.8. The van der Waals surface area contributed by atoms with Crippen LogP contribution in [0, 0.1) is 0 Å². The van der Waals surface area contributed by atoms with Crippen LogP contribution in [0.5, 0.6) is 0 Å². The van der Waals surface area contributed by atoms with Gasteiger partial charge in [0, 0.05) is 32.5 Å². The normalized spacial score (nSPS) is 25.1. The Hall–Kier alpha value is -0.270. The molecule has 0 amide bonds. The molecule has 0 aliphatic carbocycles. The molecule has 0 saturated carbocycles. The van der Waals surface area contributed by atoms with Crippen molar-refractivity contribution < 1.29 is 21.8 Å². The summed E-state index contributed by atoms with van der Waals surface area (Å²) in [5.41, 5.74) is 0. The molecule has 0 radical (unpaired) electrons. The highest BCUT2D eigenvalue weighted by atomic mass is 32.2. The summed E-state index contributed by atoms with van der Waals surface area (Å²) in [6.07, 6.45) is -0.490. The van der Waals surface area contributed by atoms with Gasteiger partial charge in [-0.25, -0.2) is 8.78 Å².